The lowest BCUT2D eigenvalue weighted by Gasteiger charge is -2.37. The Bertz CT molecular complexity index is 845. The molecule has 1 aromatic carbocycles. The number of amidine groups is 1. The fraction of sp³-hybridized carbons (Fsp3) is 0.250. The summed E-state index contributed by atoms with van der Waals surface area (Å²) in [6.45, 7) is 2.80. The fourth-order valence-corrected chi connectivity index (χ4v) is 3.34. The Hall–Kier alpha value is -2.65. The first-order chi connectivity index (χ1) is 12.0. The van der Waals surface area contributed by atoms with Crippen molar-refractivity contribution >= 4 is 21.5 Å². The topological polar surface area (TPSA) is 112 Å². The second-order valence-corrected chi connectivity index (χ2v) is 7.23. The highest BCUT2D eigenvalue weighted by molar-refractivity contribution is 7.89. The number of nitrogens with zero attached hydrogens (tertiary/aromatic N) is 4. The fourth-order valence-electron chi connectivity index (χ4n) is 2.83. The molecule has 0 unspecified atom stereocenters. The highest BCUT2D eigenvalue weighted by atomic mass is 32.2. The third-order valence-electron chi connectivity index (χ3n) is 4.14. The Morgan fingerprint density at radius 3 is 2.16 bits per heavy atom. The Balaban J connectivity index is 1.67. The van der Waals surface area contributed by atoms with Crippen LogP contribution in [0.5, 0.6) is 0 Å². The van der Waals surface area contributed by atoms with Crippen LogP contribution >= 0.6 is 0 Å². The Morgan fingerprint density at radius 2 is 1.64 bits per heavy atom. The van der Waals surface area contributed by atoms with Gasteiger partial charge < -0.3 is 15.0 Å². The van der Waals surface area contributed by atoms with Gasteiger partial charge in [-0.2, -0.15) is 0 Å². The molecule has 25 heavy (non-hydrogen) atoms. The van der Waals surface area contributed by atoms with Gasteiger partial charge in [0, 0.05) is 49.8 Å². The number of aromatic nitrogens is 1. The monoisotopic (exact) mass is 361 g/mol. The minimum absolute atomic E-state index is 0.0993. The molecule has 3 rings (SSSR count). The number of primary sulfonamides is 1. The van der Waals surface area contributed by atoms with Gasteiger partial charge in [0.2, 0.25) is 10.0 Å². The number of piperazine rings is 1. The van der Waals surface area contributed by atoms with Gasteiger partial charge in [-0.05, 0) is 36.4 Å². The van der Waals surface area contributed by atoms with E-state index in [4.69, 9.17) is 5.14 Å². The summed E-state index contributed by atoms with van der Waals surface area (Å²) in [6, 6.07) is 10.1. The highest BCUT2D eigenvalue weighted by Crippen LogP contribution is 2.19. The molecule has 2 heterocycles. The van der Waals surface area contributed by atoms with Gasteiger partial charge in [0.25, 0.3) is 0 Å². The number of benzene rings is 1. The molecule has 8 nitrogen and oxygen atoms in total. The van der Waals surface area contributed by atoms with Crippen LogP contribution in [0.4, 0.5) is 5.69 Å². The summed E-state index contributed by atoms with van der Waals surface area (Å²) in [5.74, 6) is 0.520. The lowest BCUT2D eigenvalue weighted by atomic mass is 10.2. The third kappa shape index (κ3) is 3.89. The maximum absolute atomic E-state index is 11.3. The molecule has 1 fully saturated rings. The Kier molecular flexibility index (Phi) is 4.86. The second kappa shape index (κ2) is 7.08. The van der Waals surface area contributed by atoms with E-state index in [1.165, 1.54) is 12.1 Å². The Labute approximate surface area is 146 Å². The van der Waals surface area contributed by atoms with Gasteiger partial charge in [0.05, 0.1) is 4.90 Å². The van der Waals surface area contributed by atoms with E-state index in [1.54, 1.807) is 36.7 Å². The van der Waals surface area contributed by atoms with Crippen molar-refractivity contribution in [2.75, 3.05) is 31.1 Å². The van der Waals surface area contributed by atoms with Crippen molar-refractivity contribution in [3.63, 3.8) is 0 Å². The first kappa shape index (κ1) is 17.2. The zero-order chi connectivity index (χ0) is 17.9. The molecule has 1 aliphatic heterocycles. The second-order valence-electron chi connectivity index (χ2n) is 5.67. The summed E-state index contributed by atoms with van der Waals surface area (Å²) < 4.78 is 22.6. The minimum atomic E-state index is -3.68. The first-order valence-corrected chi connectivity index (χ1v) is 9.29. The molecule has 0 aliphatic carbocycles. The van der Waals surface area contributed by atoms with Gasteiger partial charge in [0.1, 0.15) is 0 Å². The predicted molar refractivity (Wildman–Crippen MR) is 94.2 cm³/mol. The van der Waals surface area contributed by atoms with Crippen molar-refractivity contribution in [2.45, 2.75) is 4.90 Å². The molecule has 0 amide bonds. The largest absolute Gasteiger partial charge is 0.409 e. The van der Waals surface area contributed by atoms with Crippen LogP contribution in [0, 0.1) is 0 Å². The van der Waals surface area contributed by atoms with Crippen molar-refractivity contribution in [1.29, 1.82) is 0 Å². The molecule has 1 saturated heterocycles. The maximum atomic E-state index is 11.3. The minimum Gasteiger partial charge on any atom is -0.409 e. The standard InChI is InChI=1S/C16H19N5O3S/c17-25(23,24)15-3-1-14(2-4-15)20-9-11-21(12-10-20)16(19-22)13-5-7-18-8-6-13/h1-8,22H,9-12H2,(H2,17,23,24)/b19-16+. The number of hydrogen-bond acceptors (Lipinski definition) is 6. The molecule has 2 aromatic rings. The molecular weight excluding hydrogens is 342 g/mol. The summed E-state index contributed by atoms with van der Waals surface area (Å²) in [4.78, 5) is 8.22. The van der Waals surface area contributed by atoms with Crippen LogP contribution in [0.15, 0.2) is 58.8 Å². The molecular formula is C16H19N5O3S. The summed E-state index contributed by atoms with van der Waals surface area (Å²) in [6.07, 6.45) is 3.31. The third-order valence-corrected chi connectivity index (χ3v) is 5.07. The van der Waals surface area contributed by atoms with E-state index in [-0.39, 0.29) is 4.90 Å². The van der Waals surface area contributed by atoms with Crippen LogP contribution in [0.25, 0.3) is 0 Å². The van der Waals surface area contributed by atoms with E-state index in [0.29, 0.717) is 18.9 Å². The molecule has 9 heteroatoms. The zero-order valence-corrected chi connectivity index (χ0v) is 14.3. The number of pyridine rings is 1. The Morgan fingerprint density at radius 1 is 1.04 bits per heavy atom. The van der Waals surface area contributed by atoms with Crippen molar-refractivity contribution in [3.05, 3.63) is 54.4 Å². The lowest BCUT2D eigenvalue weighted by molar-refractivity contribution is 0.296. The van der Waals surface area contributed by atoms with Crippen LogP contribution in [0.1, 0.15) is 5.56 Å². The van der Waals surface area contributed by atoms with Gasteiger partial charge in [0.15, 0.2) is 5.84 Å². The quantitative estimate of drug-likeness (QED) is 0.360. The van der Waals surface area contributed by atoms with Gasteiger partial charge in [-0.15, -0.1) is 0 Å². The summed E-state index contributed by atoms with van der Waals surface area (Å²) in [5.41, 5.74) is 1.74. The van der Waals surface area contributed by atoms with Gasteiger partial charge >= 0.3 is 0 Å². The number of sulfonamides is 1. The van der Waals surface area contributed by atoms with Crippen molar-refractivity contribution in [3.8, 4) is 0 Å². The summed E-state index contributed by atoms with van der Waals surface area (Å²) in [5, 5.41) is 17.9. The van der Waals surface area contributed by atoms with E-state index in [2.05, 4.69) is 15.0 Å². The lowest BCUT2D eigenvalue weighted by Crippen LogP contribution is -2.49. The first-order valence-electron chi connectivity index (χ1n) is 7.74. The predicted octanol–water partition coefficient (Wildman–Crippen LogP) is 0.687. The van der Waals surface area contributed by atoms with Gasteiger partial charge in [-0.3, -0.25) is 4.98 Å². The number of nitrogens with two attached hydrogens (primary N) is 1. The van der Waals surface area contributed by atoms with Crippen LogP contribution < -0.4 is 10.0 Å². The molecule has 0 spiro atoms. The van der Waals surface area contributed by atoms with E-state index in [1.807, 2.05) is 4.90 Å². The number of rotatable bonds is 3. The van der Waals surface area contributed by atoms with E-state index < -0.39 is 10.0 Å². The maximum Gasteiger partial charge on any atom is 0.238 e. The molecule has 3 N–H and O–H groups in total. The van der Waals surface area contributed by atoms with Crippen LogP contribution in [-0.4, -0.2) is 55.5 Å². The molecule has 0 saturated carbocycles. The number of hydrogen-bond donors (Lipinski definition) is 2. The van der Waals surface area contributed by atoms with Crippen LogP contribution in [-0.2, 0) is 10.0 Å². The van der Waals surface area contributed by atoms with Crippen molar-refractivity contribution < 1.29 is 13.6 Å². The highest BCUT2D eigenvalue weighted by Gasteiger charge is 2.21. The van der Waals surface area contributed by atoms with Gasteiger partial charge in [-0.25, -0.2) is 13.6 Å². The van der Waals surface area contributed by atoms with Crippen molar-refractivity contribution in [2.24, 2.45) is 10.3 Å². The normalized spacial score (nSPS) is 16.1. The van der Waals surface area contributed by atoms with Crippen molar-refractivity contribution in [1.82, 2.24) is 9.88 Å². The zero-order valence-electron chi connectivity index (χ0n) is 13.5. The smallest absolute Gasteiger partial charge is 0.238 e. The van der Waals surface area contributed by atoms with E-state index >= 15 is 0 Å². The molecule has 1 aliphatic rings. The van der Waals surface area contributed by atoms with Crippen LogP contribution in [0.2, 0.25) is 0 Å². The number of oxime groups is 1. The average molecular weight is 361 g/mol. The summed E-state index contributed by atoms with van der Waals surface area (Å²) >= 11 is 0. The SMILES string of the molecule is NS(=O)(=O)c1ccc(N2CCN(/C(=N/O)c3ccncc3)CC2)cc1. The van der Waals surface area contributed by atoms with E-state index in [9.17, 15) is 13.6 Å². The van der Waals surface area contributed by atoms with Crippen LogP contribution in [0.3, 0.4) is 0 Å². The summed E-state index contributed by atoms with van der Waals surface area (Å²) in [7, 11) is -3.68. The molecule has 1 aromatic heterocycles. The molecule has 0 atom stereocenters. The number of anilines is 1. The van der Waals surface area contributed by atoms with E-state index in [0.717, 1.165) is 24.3 Å². The molecule has 0 bridgehead atoms. The molecule has 132 valence electrons. The van der Waals surface area contributed by atoms with Gasteiger partial charge in [-0.1, -0.05) is 5.16 Å². The molecule has 0 radical (unpaired) electrons. The average Bonchev–Trinajstić information content (AvgIpc) is 2.63.